The molecule has 0 N–H and O–H groups in total. The molecular weight excluding hydrogens is 617 g/mol. The van der Waals surface area contributed by atoms with Crippen molar-refractivity contribution in [3.05, 3.63) is 121 Å². The molecule has 0 unspecified atom stereocenters. The van der Waals surface area contributed by atoms with Crippen LogP contribution < -0.4 is 0 Å². The van der Waals surface area contributed by atoms with Crippen LogP contribution in [0.25, 0.3) is 39.3 Å². The fraction of sp³-hybridized carbons (Fsp3) is 0.182. The summed E-state index contributed by atoms with van der Waals surface area (Å²) in [6.07, 6.45) is 4.01. The molecule has 3 heteroatoms. The summed E-state index contributed by atoms with van der Waals surface area (Å²) in [7, 11) is 0. The summed E-state index contributed by atoms with van der Waals surface area (Å²) < 4.78 is 2.29. The SMILES string of the molecule is CC(C)c1c(-c2ccccc2)cc(-c2ccccc2)c(C(C)C)c1-n1ccnc1-c1[c-]cccc1.[Ir]. The fourth-order valence-corrected chi connectivity index (χ4v) is 5.06. The van der Waals surface area contributed by atoms with Gasteiger partial charge < -0.3 is 4.57 Å². The predicted octanol–water partition coefficient (Wildman–Crippen LogP) is 8.92. The van der Waals surface area contributed by atoms with E-state index in [1.165, 1.54) is 39.1 Å². The summed E-state index contributed by atoms with van der Waals surface area (Å²) in [5.41, 5.74) is 9.93. The van der Waals surface area contributed by atoms with Crippen LogP contribution >= 0.6 is 0 Å². The van der Waals surface area contributed by atoms with Crippen LogP contribution in [0.15, 0.2) is 103 Å². The van der Waals surface area contributed by atoms with Gasteiger partial charge in [-0.15, -0.1) is 35.9 Å². The third-order valence-corrected chi connectivity index (χ3v) is 6.54. The molecule has 5 rings (SSSR count). The molecule has 1 heterocycles. The quantitative estimate of drug-likeness (QED) is 0.168. The van der Waals surface area contributed by atoms with Crippen LogP contribution in [0.1, 0.15) is 50.7 Å². The zero-order valence-electron chi connectivity index (χ0n) is 21.2. The van der Waals surface area contributed by atoms with E-state index in [9.17, 15) is 0 Å². The topological polar surface area (TPSA) is 17.8 Å². The molecular formula is C33H31IrN2-. The van der Waals surface area contributed by atoms with E-state index in [1.807, 2.05) is 24.4 Å². The van der Waals surface area contributed by atoms with E-state index in [4.69, 9.17) is 4.98 Å². The normalized spacial score (nSPS) is 11.1. The number of benzene rings is 4. The molecule has 0 aliphatic carbocycles. The molecule has 183 valence electrons. The van der Waals surface area contributed by atoms with Gasteiger partial charge in [0, 0.05) is 38.2 Å². The molecule has 0 fully saturated rings. The second-order valence-electron chi connectivity index (χ2n) is 9.59. The van der Waals surface area contributed by atoms with E-state index in [1.54, 1.807) is 0 Å². The van der Waals surface area contributed by atoms with Gasteiger partial charge in [0.1, 0.15) is 0 Å². The minimum Gasteiger partial charge on any atom is -0.339 e. The molecule has 4 aromatic carbocycles. The summed E-state index contributed by atoms with van der Waals surface area (Å²) in [6, 6.07) is 35.4. The number of nitrogens with zero attached hydrogens (tertiary/aromatic N) is 2. The summed E-state index contributed by atoms with van der Waals surface area (Å²) in [6.45, 7) is 9.18. The zero-order valence-corrected chi connectivity index (χ0v) is 23.6. The van der Waals surface area contributed by atoms with Gasteiger partial charge in [0.05, 0.1) is 5.82 Å². The van der Waals surface area contributed by atoms with E-state index in [0.717, 1.165) is 11.4 Å². The first-order valence-corrected chi connectivity index (χ1v) is 12.4. The van der Waals surface area contributed by atoms with E-state index in [-0.39, 0.29) is 20.1 Å². The van der Waals surface area contributed by atoms with Gasteiger partial charge in [0.15, 0.2) is 0 Å². The number of hydrogen-bond acceptors (Lipinski definition) is 1. The Bertz CT molecular complexity index is 1350. The summed E-state index contributed by atoms with van der Waals surface area (Å²) in [5, 5.41) is 0. The molecule has 0 saturated heterocycles. The minimum atomic E-state index is 0. The van der Waals surface area contributed by atoms with Crippen LogP contribution in [0.4, 0.5) is 0 Å². The standard InChI is InChI=1S/C33H31N2.Ir/c1-23(2)30-28(25-14-8-5-9-15-25)22-29(26-16-10-6-11-17-26)31(24(3)4)32(30)35-21-20-34-33(35)27-18-12-7-13-19-27;/h5-18,20-24H,1-4H3;/q-1;. The van der Waals surface area contributed by atoms with Crippen molar-refractivity contribution in [3.8, 4) is 39.3 Å². The molecule has 0 amide bonds. The second kappa shape index (κ2) is 11.2. The maximum atomic E-state index is 4.80. The van der Waals surface area contributed by atoms with Crippen LogP contribution in [0.3, 0.4) is 0 Å². The number of aromatic nitrogens is 2. The molecule has 1 radical (unpaired) electrons. The van der Waals surface area contributed by atoms with E-state index in [2.05, 4.69) is 117 Å². The van der Waals surface area contributed by atoms with Crippen molar-refractivity contribution >= 4 is 0 Å². The van der Waals surface area contributed by atoms with Crippen LogP contribution in [0.2, 0.25) is 0 Å². The molecule has 36 heavy (non-hydrogen) atoms. The van der Waals surface area contributed by atoms with Gasteiger partial charge in [-0.2, -0.15) is 0 Å². The van der Waals surface area contributed by atoms with Gasteiger partial charge in [-0.3, -0.25) is 4.98 Å². The molecule has 0 spiro atoms. The van der Waals surface area contributed by atoms with Gasteiger partial charge in [-0.05, 0) is 51.3 Å². The Labute approximate surface area is 228 Å². The van der Waals surface area contributed by atoms with Crippen LogP contribution in [-0.2, 0) is 20.1 Å². The third kappa shape index (κ3) is 4.87. The third-order valence-electron chi connectivity index (χ3n) is 6.54. The van der Waals surface area contributed by atoms with Crippen molar-refractivity contribution in [2.45, 2.75) is 39.5 Å². The van der Waals surface area contributed by atoms with Gasteiger partial charge in [-0.25, -0.2) is 0 Å². The Morgan fingerprint density at radius 1 is 0.694 bits per heavy atom. The predicted molar refractivity (Wildman–Crippen MR) is 147 cm³/mol. The van der Waals surface area contributed by atoms with Crippen LogP contribution in [0, 0.1) is 6.07 Å². The Hall–Kier alpha value is -3.26. The number of rotatable bonds is 6. The fourth-order valence-electron chi connectivity index (χ4n) is 5.06. The monoisotopic (exact) mass is 648 g/mol. The first kappa shape index (κ1) is 25.8. The molecule has 2 nitrogen and oxygen atoms in total. The van der Waals surface area contributed by atoms with Crippen molar-refractivity contribution in [1.82, 2.24) is 9.55 Å². The summed E-state index contributed by atoms with van der Waals surface area (Å²) in [5.74, 6) is 1.55. The average molecular weight is 648 g/mol. The van der Waals surface area contributed by atoms with Gasteiger partial charge in [-0.1, -0.05) is 88.4 Å². The maximum Gasteiger partial charge on any atom is 0.0602 e. The van der Waals surface area contributed by atoms with Crippen molar-refractivity contribution < 1.29 is 20.1 Å². The van der Waals surface area contributed by atoms with E-state index in [0.29, 0.717) is 11.8 Å². The molecule has 0 atom stereocenters. The molecule has 0 aliphatic rings. The Morgan fingerprint density at radius 3 is 1.69 bits per heavy atom. The zero-order chi connectivity index (χ0) is 24.4. The van der Waals surface area contributed by atoms with Crippen LogP contribution in [-0.4, -0.2) is 9.55 Å². The molecule has 1 aromatic heterocycles. The van der Waals surface area contributed by atoms with Crippen molar-refractivity contribution in [3.63, 3.8) is 0 Å². The van der Waals surface area contributed by atoms with Crippen molar-refractivity contribution in [2.75, 3.05) is 0 Å². The first-order chi connectivity index (χ1) is 17.1. The molecule has 0 aliphatic heterocycles. The number of hydrogen-bond donors (Lipinski definition) is 0. The summed E-state index contributed by atoms with van der Waals surface area (Å²) in [4.78, 5) is 4.80. The van der Waals surface area contributed by atoms with Crippen LogP contribution in [0.5, 0.6) is 0 Å². The largest absolute Gasteiger partial charge is 0.339 e. The number of imidazole rings is 1. The average Bonchev–Trinajstić information content (AvgIpc) is 3.38. The minimum absolute atomic E-state index is 0. The maximum absolute atomic E-state index is 4.80. The first-order valence-electron chi connectivity index (χ1n) is 12.4. The van der Waals surface area contributed by atoms with Gasteiger partial charge >= 0.3 is 0 Å². The molecule has 0 saturated carbocycles. The van der Waals surface area contributed by atoms with E-state index < -0.39 is 0 Å². The van der Waals surface area contributed by atoms with Crippen molar-refractivity contribution in [1.29, 1.82) is 0 Å². The van der Waals surface area contributed by atoms with Crippen molar-refractivity contribution in [2.24, 2.45) is 0 Å². The van der Waals surface area contributed by atoms with E-state index >= 15 is 0 Å². The molecule has 0 bridgehead atoms. The Balaban J connectivity index is 0.00000304. The smallest absolute Gasteiger partial charge is 0.0602 e. The summed E-state index contributed by atoms with van der Waals surface area (Å²) >= 11 is 0. The molecule has 5 aromatic rings. The Kier molecular flexibility index (Phi) is 8.04. The van der Waals surface area contributed by atoms with Gasteiger partial charge in [0.25, 0.3) is 0 Å². The second-order valence-corrected chi connectivity index (χ2v) is 9.59. The Morgan fingerprint density at radius 2 is 1.22 bits per heavy atom. The van der Waals surface area contributed by atoms with Gasteiger partial charge in [0.2, 0.25) is 0 Å².